The van der Waals surface area contributed by atoms with Crippen LogP contribution in [0.25, 0.3) is 0 Å². The van der Waals surface area contributed by atoms with E-state index in [0.717, 1.165) is 16.3 Å². The van der Waals surface area contributed by atoms with Crippen LogP contribution in [-0.2, 0) is 6.61 Å². The van der Waals surface area contributed by atoms with Crippen molar-refractivity contribution >= 4 is 22.2 Å². The summed E-state index contributed by atoms with van der Waals surface area (Å²) in [6.07, 6.45) is 0.759. The fourth-order valence-corrected chi connectivity index (χ4v) is 1.79. The average Bonchev–Trinajstić information content (AvgIpc) is 2.39. The standard InChI is InChI=1S/C14H10BrFO2/c15-14-6-5-13(7-11(14)8-17)18-9-10-1-3-12(16)4-2-10/h1-8H,9H2. The van der Waals surface area contributed by atoms with Gasteiger partial charge in [0.1, 0.15) is 18.2 Å². The van der Waals surface area contributed by atoms with Gasteiger partial charge in [0.15, 0.2) is 6.29 Å². The van der Waals surface area contributed by atoms with Gasteiger partial charge in [0.25, 0.3) is 0 Å². The van der Waals surface area contributed by atoms with Gasteiger partial charge in [-0.05, 0) is 35.9 Å². The van der Waals surface area contributed by atoms with Gasteiger partial charge in [-0.1, -0.05) is 28.1 Å². The molecule has 0 bridgehead atoms. The van der Waals surface area contributed by atoms with Crippen LogP contribution in [-0.4, -0.2) is 6.29 Å². The van der Waals surface area contributed by atoms with Gasteiger partial charge in [-0.25, -0.2) is 4.39 Å². The SMILES string of the molecule is O=Cc1cc(OCc2ccc(F)cc2)ccc1Br. The zero-order chi connectivity index (χ0) is 13.0. The number of carbonyl (C=O) groups excluding carboxylic acids is 1. The minimum Gasteiger partial charge on any atom is -0.489 e. The van der Waals surface area contributed by atoms with E-state index in [4.69, 9.17) is 4.74 Å². The lowest BCUT2D eigenvalue weighted by atomic mass is 10.2. The van der Waals surface area contributed by atoms with Gasteiger partial charge in [0.2, 0.25) is 0 Å². The molecule has 92 valence electrons. The quantitative estimate of drug-likeness (QED) is 0.799. The molecule has 2 aromatic carbocycles. The van der Waals surface area contributed by atoms with Crippen LogP contribution in [0.5, 0.6) is 5.75 Å². The Labute approximate surface area is 113 Å². The van der Waals surface area contributed by atoms with Gasteiger partial charge in [0, 0.05) is 10.0 Å². The Morgan fingerprint density at radius 2 is 1.89 bits per heavy atom. The van der Waals surface area contributed by atoms with Crippen LogP contribution < -0.4 is 4.74 Å². The number of carbonyl (C=O) groups is 1. The van der Waals surface area contributed by atoms with Gasteiger partial charge in [0.05, 0.1) is 0 Å². The highest BCUT2D eigenvalue weighted by molar-refractivity contribution is 9.10. The maximum absolute atomic E-state index is 12.7. The molecule has 4 heteroatoms. The van der Waals surface area contributed by atoms with E-state index in [-0.39, 0.29) is 5.82 Å². The summed E-state index contributed by atoms with van der Waals surface area (Å²) in [6.45, 7) is 0.334. The number of hydrogen-bond acceptors (Lipinski definition) is 2. The maximum Gasteiger partial charge on any atom is 0.151 e. The van der Waals surface area contributed by atoms with Crippen LogP contribution in [0.2, 0.25) is 0 Å². The molecule has 0 amide bonds. The van der Waals surface area contributed by atoms with E-state index < -0.39 is 0 Å². The molecular formula is C14H10BrFO2. The molecule has 0 aliphatic carbocycles. The molecule has 0 aliphatic rings. The van der Waals surface area contributed by atoms with Crippen molar-refractivity contribution in [3.8, 4) is 5.75 Å². The highest BCUT2D eigenvalue weighted by atomic mass is 79.9. The first-order valence-corrected chi connectivity index (χ1v) is 6.10. The van der Waals surface area contributed by atoms with Crippen molar-refractivity contribution in [2.75, 3.05) is 0 Å². The predicted molar refractivity (Wildman–Crippen MR) is 70.3 cm³/mol. The van der Waals surface area contributed by atoms with Crippen molar-refractivity contribution in [3.05, 3.63) is 63.9 Å². The Kier molecular flexibility index (Phi) is 4.10. The van der Waals surface area contributed by atoms with Crippen LogP contribution in [0.15, 0.2) is 46.9 Å². The summed E-state index contributed by atoms with van der Waals surface area (Å²) in [5.41, 5.74) is 1.40. The summed E-state index contributed by atoms with van der Waals surface area (Å²) in [5.74, 6) is 0.329. The van der Waals surface area contributed by atoms with E-state index >= 15 is 0 Å². The number of ether oxygens (including phenoxy) is 1. The molecule has 18 heavy (non-hydrogen) atoms. The molecule has 2 rings (SSSR count). The van der Waals surface area contributed by atoms with Gasteiger partial charge < -0.3 is 4.74 Å². The highest BCUT2D eigenvalue weighted by Gasteiger charge is 2.02. The van der Waals surface area contributed by atoms with Gasteiger partial charge >= 0.3 is 0 Å². The Bertz CT molecular complexity index is 552. The summed E-state index contributed by atoms with van der Waals surface area (Å²) in [4.78, 5) is 10.8. The molecule has 0 aromatic heterocycles. The Morgan fingerprint density at radius 3 is 2.56 bits per heavy atom. The summed E-state index contributed by atoms with van der Waals surface area (Å²) >= 11 is 3.27. The van der Waals surface area contributed by atoms with Crippen LogP contribution in [0.3, 0.4) is 0 Å². The lowest BCUT2D eigenvalue weighted by molar-refractivity contribution is 0.112. The average molecular weight is 309 g/mol. The van der Waals surface area contributed by atoms with E-state index in [0.29, 0.717) is 17.9 Å². The molecule has 0 unspecified atom stereocenters. The minimum absolute atomic E-state index is 0.273. The van der Waals surface area contributed by atoms with E-state index in [9.17, 15) is 9.18 Å². The van der Waals surface area contributed by atoms with E-state index in [1.165, 1.54) is 12.1 Å². The number of aldehydes is 1. The first kappa shape index (κ1) is 12.8. The van der Waals surface area contributed by atoms with Crippen molar-refractivity contribution in [2.45, 2.75) is 6.61 Å². The molecule has 0 saturated heterocycles. The first-order valence-electron chi connectivity index (χ1n) is 5.31. The summed E-state index contributed by atoms with van der Waals surface area (Å²) in [5, 5.41) is 0. The number of hydrogen-bond donors (Lipinski definition) is 0. The van der Waals surface area contributed by atoms with Crippen molar-refractivity contribution in [3.63, 3.8) is 0 Å². The molecule has 0 aliphatic heterocycles. The van der Waals surface area contributed by atoms with Crippen molar-refractivity contribution in [1.29, 1.82) is 0 Å². The molecule has 0 fully saturated rings. The Hall–Kier alpha value is -1.68. The van der Waals surface area contributed by atoms with Crippen LogP contribution in [0.1, 0.15) is 15.9 Å². The van der Waals surface area contributed by atoms with Crippen LogP contribution >= 0.6 is 15.9 Å². The monoisotopic (exact) mass is 308 g/mol. The molecular weight excluding hydrogens is 299 g/mol. The topological polar surface area (TPSA) is 26.3 Å². The van der Waals surface area contributed by atoms with E-state index in [1.54, 1.807) is 30.3 Å². The third-order valence-electron chi connectivity index (χ3n) is 2.41. The molecule has 0 N–H and O–H groups in total. The maximum atomic E-state index is 12.7. The second-order valence-corrected chi connectivity index (χ2v) is 4.57. The predicted octanol–water partition coefficient (Wildman–Crippen LogP) is 3.98. The van der Waals surface area contributed by atoms with E-state index in [1.807, 2.05) is 0 Å². The second kappa shape index (κ2) is 5.78. The first-order chi connectivity index (χ1) is 8.69. The minimum atomic E-state index is -0.273. The lowest BCUT2D eigenvalue weighted by Gasteiger charge is -2.07. The molecule has 0 spiro atoms. The van der Waals surface area contributed by atoms with Crippen molar-refractivity contribution in [2.24, 2.45) is 0 Å². The van der Waals surface area contributed by atoms with Crippen molar-refractivity contribution in [1.82, 2.24) is 0 Å². The normalized spacial score (nSPS) is 10.1. The molecule has 0 radical (unpaired) electrons. The summed E-state index contributed by atoms with van der Waals surface area (Å²) in [7, 11) is 0. The molecule has 0 saturated carbocycles. The largest absolute Gasteiger partial charge is 0.489 e. The van der Waals surface area contributed by atoms with E-state index in [2.05, 4.69) is 15.9 Å². The zero-order valence-electron chi connectivity index (χ0n) is 9.40. The Balaban J connectivity index is 2.06. The fourth-order valence-electron chi connectivity index (χ4n) is 1.45. The third-order valence-corrected chi connectivity index (χ3v) is 3.14. The van der Waals surface area contributed by atoms with Crippen LogP contribution in [0.4, 0.5) is 4.39 Å². The third kappa shape index (κ3) is 3.17. The molecule has 2 aromatic rings. The fraction of sp³-hybridized carbons (Fsp3) is 0.0714. The molecule has 0 heterocycles. The second-order valence-electron chi connectivity index (χ2n) is 3.72. The molecule has 2 nitrogen and oxygen atoms in total. The zero-order valence-corrected chi connectivity index (χ0v) is 11.0. The molecule has 0 atom stereocenters. The smallest absolute Gasteiger partial charge is 0.151 e. The number of halogens is 2. The summed E-state index contributed by atoms with van der Waals surface area (Å²) < 4.78 is 19.0. The van der Waals surface area contributed by atoms with Crippen molar-refractivity contribution < 1.29 is 13.9 Å². The van der Waals surface area contributed by atoms with Gasteiger partial charge in [-0.3, -0.25) is 4.79 Å². The van der Waals surface area contributed by atoms with Gasteiger partial charge in [-0.15, -0.1) is 0 Å². The number of benzene rings is 2. The van der Waals surface area contributed by atoms with Crippen LogP contribution in [0, 0.1) is 5.82 Å². The Morgan fingerprint density at radius 1 is 1.17 bits per heavy atom. The van der Waals surface area contributed by atoms with Gasteiger partial charge in [-0.2, -0.15) is 0 Å². The highest BCUT2D eigenvalue weighted by Crippen LogP contribution is 2.21. The summed E-state index contributed by atoms with van der Waals surface area (Å²) in [6, 6.07) is 11.3. The lowest BCUT2D eigenvalue weighted by Crippen LogP contribution is -1.96. The number of rotatable bonds is 4.